The number of aliphatic hydroxyl groups excluding tert-OH is 1. The van der Waals surface area contributed by atoms with Gasteiger partial charge < -0.3 is 14.6 Å². The van der Waals surface area contributed by atoms with E-state index >= 15 is 0 Å². The quantitative estimate of drug-likeness (QED) is 0.373. The molecule has 1 aliphatic carbocycles. The highest BCUT2D eigenvalue weighted by molar-refractivity contribution is 5.83. The van der Waals surface area contributed by atoms with Crippen molar-refractivity contribution < 1.29 is 19.4 Å². The Morgan fingerprint density at radius 3 is 2.55 bits per heavy atom. The van der Waals surface area contributed by atoms with Crippen molar-refractivity contribution in [2.45, 2.75) is 57.8 Å². The van der Waals surface area contributed by atoms with E-state index in [1.54, 1.807) is 0 Å². The van der Waals surface area contributed by atoms with E-state index in [2.05, 4.69) is 18.6 Å². The molecule has 4 nitrogen and oxygen atoms in total. The molecule has 0 bridgehead atoms. The molecule has 2 unspecified atom stereocenters. The third-order valence-corrected chi connectivity index (χ3v) is 4.63. The lowest BCUT2D eigenvalue weighted by Gasteiger charge is -2.39. The number of methoxy groups -OCH3 is 1. The molecule has 0 aromatic carbocycles. The third kappa shape index (κ3) is 2.31. The lowest BCUT2D eigenvalue weighted by Crippen LogP contribution is -2.46. The summed E-state index contributed by atoms with van der Waals surface area (Å²) in [5.74, 6) is -0.359. The van der Waals surface area contributed by atoms with E-state index in [-0.39, 0.29) is 28.7 Å². The first-order valence-corrected chi connectivity index (χ1v) is 6.99. The Kier molecular flexibility index (Phi) is 3.59. The Labute approximate surface area is 120 Å². The van der Waals surface area contributed by atoms with Gasteiger partial charge in [-0.2, -0.15) is 0 Å². The summed E-state index contributed by atoms with van der Waals surface area (Å²) in [7, 11) is 1.36. The zero-order valence-corrected chi connectivity index (χ0v) is 12.9. The van der Waals surface area contributed by atoms with Crippen LogP contribution in [-0.2, 0) is 14.3 Å². The number of hydrogen-bond acceptors (Lipinski definition) is 4. The summed E-state index contributed by atoms with van der Waals surface area (Å²) in [4.78, 5) is 11.2. The van der Waals surface area contributed by atoms with Crippen LogP contribution >= 0.6 is 0 Å². The highest BCUT2D eigenvalue weighted by Crippen LogP contribution is 2.66. The minimum Gasteiger partial charge on any atom is -0.466 e. The average Bonchev–Trinajstić information content (AvgIpc) is 2.92. The maximum Gasteiger partial charge on any atom is 0.330 e. The van der Waals surface area contributed by atoms with Crippen molar-refractivity contribution in [1.82, 2.24) is 0 Å². The Morgan fingerprint density at radius 1 is 1.35 bits per heavy atom. The molecule has 112 valence electrons. The van der Waals surface area contributed by atoms with Crippen LogP contribution in [0, 0.1) is 5.41 Å². The van der Waals surface area contributed by atoms with Crippen LogP contribution in [0.15, 0.2) is 23.8 Å². The van der Waals surface area contributed by atoms with Crippen LogP contribution in [0.4, 0.5) is 0 Å². The number of allylic oxidation sites excluding steroid dienone is 2. The zero-order chi connectivity index (χ0) is 15.2. The lowest BCUT2D eigenvalue weighted by atomic mass is 9.63. The van der Waals surface area contributed by atoms with Crippen LogP contribution in [0.2, 0.25) is 0 Å². The maximum absolute atomic E-state index is 11.2. The molecule has 0 aromatic heterocycles. The second-order valence-electron chi connectivity index (χ2n) is 6.76. The number of carbonyl (C=O) groups excluding carboxylic acids is 1. The van der Waals surface area contributed by atoms with Crippen LogP contribution in [0.5, 0.6) is 0 Å². The van der Waals surface area contributed by atoms with Gasteiger partial charge in [-0.05, 0) is 31.9 Å². The molecule has 2 rings (SSSR count). The van der Waals surface area contributed by atoms with Crippen LogP contribution in [0.25, 0.3) is 0 Å². The van der Waals surface area contributed by atoms with Gasteiger partial charge in [0.15, 0.2) is 0 Å². The molecule has 1 saturated carbocycles. The zero-order valence-electron chi connectivity index (χ0n) is 12.9. The van der Waals surface area contributed by atoms with Crippen molar-refractivity contribution in [3.05, 3.63) is 23.8 Å². The monoisotopic (exact) mass is 280 g/mol. The van der Waals surface area contributed by atoms with Crippen molar-refractivity contribution in [2.24, 2.45) is 5.41 Å². The standard InChI is InChI=1S/C16H24O4/c1-11(8-13(18)19-5)6-7-16-14(2,3)9-12(17)10-15(16,4)20-16/h6-8,12,17H,9-10H2,1-5H3/t12-,15?,16?/m1/s1. The molecule has 0 radical (unpaired) electrons. The summed E-state index contributed by atoms with van der Waals surface area (Å²) in [6.45, 7) is 8.13. The Hall–Kier alpha value is -1.13. The predicted molar refractivity (Wildman–Crippen MR) is 76.2 cm³/mol. The fraction of sp³-hybridized carbons (Fsp3) is 0.688. The number of epoxide rings is 1. The fourth-order valence-corrected chi connectivity index (χ4v) is 3.62. The first-order chi connectivity index (χ1) is 9.16. The molecule has 4 heteroatoms. The van der Waals surface area contributed by atoms with Crippen molar-refractivity contribution in [2.75, 3.05) is 7.11 Å². The number of hydrogen-bond donors (Lipinski definition) is 1. The number of carbonyl (C=O) groups is 1. The van der Waals surface area contributed by atoms with E-state index in [4.69, 9.17) is 4.74 Å². The van der Waals surface area contributed by atoms with Crippen LogP contribution in [0.3, 0.4) is 0 Å². The lowest BCUT2D eigenvalue weighted by molar-refractivity contribution is -0.134. The largest absolute Gasteiger partial charge is 0.466 e. The maximum atomic E-state index is 11.2. The van der Waals surface area contributed by atoms with Crippen LogP contribution < -0.4 is 0 Å². The first-order valence-electron chi connectivity index (χ1n) is 6.99. The molecule has 0 aromatic rings. The molecule has 1 saturated heterocycles. The van der Waals surface area contributed by atoms with Gasteiger partial charge in [-0.25, -0.2) is 4.79 Å². The van der Waals surface area contributed by atoms with Gasteiger partial charge in [0.2, 0.25) is 0 Å². The van der Waals surface area contributed by atoms with Crippen molar-refractivity contribution in [3.63, 3.8) is 0 Å². The molecule has 2 fully saturated rings. The van der Waals surface area contributed by atoms with E-state index in [1.807, 2.05) is 26.0 Å². The molecule has 0 spiro atoms. The molecule has 1 aliphatic heterocycles. The molecule has 2 aliphatic rings. The summed E-state index contributed by atoms with van der Waals surface area (Å²) in [5.41, 5.74) is 0.0215. The van der Waals surface area contributed by atoms with Crippen molar-refractivity contribution in [1.29, 1.82) is 0 Å². The van der Waals surface area contributed by atoms with Gasteiger partial charge in [0, 0.05) is 17.9 Å². The number of aliphatic hydroxyl groups is 1. The summed E-state index contributed by atoms with van der Waals surface area (Å²) >= 11 is 0. The van der Waals surface area contributed by atoms with Gasteiger partial charge >= 0.3 is 5.97 Å². The van der Waals surface area contributed by atoms with Crippen LogP contribution in [-0.4, -0.2) is 35.5 Å². The van der Waals surface area contributed by atoms with Gasteiger partial charge in [-0.3, -0.25) is 0 Å². The Morgan fingerprint density at radius 2 is 2.00 bits per heavy atom. The molecular formula is C16H24O4. The summed E-state index contributed by atoms with van der Waals surface area (Å²) in [6, 6.07) is 0. The van der Waals surface area contributed by atoms with Gasteiger partial charge in [0.05, 0.1) is 13.2 Å². The van der Waals surface area contributed by atoms with E-state index in [9.17, 15) is 9.90 Å². The van der Waals surface area contributed by atoms with Gasteiger partial charge in [-0.15, -0.1) is 0 Å². The van der Waals surface area contributed by atoms with Crippen molar-refractivity contribution in [3.8, 4) is 0 Å². The summed E-state index contributed by atoms with van der Waals surface area (Å²) in [6.07, 6.45) is 6.45. The number of esters is 1. The van der Waals surface area contributed by atoms with Crippen LogP contribution in [0.1, 0.15) is 40.5 Å². The molecule has 1 N–H and O–H groups in total. The molecule has 20 heavy (non-hydrogen) atoms. The van der Waals surface area contributed by atoms with Crippen molar-refractivity contribution >= 4 is 5.97 Å². The average molecular weight is 280 g/mol. The first kappa shape index (κ1) is 15.3. The normalized spacial score (nSPS) is 39.5. The van der Waals surface area contributed by atoms with E-state index < -0.39 is 0 Å². The topological polar surface area (TPSA) is 59.1 Å². The number of fused-ring (bicyclic) bond motifs is 1. The molecule has 0 amide bonds. The molecular weight excluding hydrogens is 256 g/mol. The highest BCUT2D eigenvalue weighted by atomic mass is 16.6. The predicted octanol–water partition coefficient (Wildman–Crippen LogP) is 2.37. The number of rotatable bonds is 3. The fourth-order valence-electron chi connectivity index (χ4n) is 3.62. The smallest absolute Gasteiger partial charge is 0.330 e. The van der Waals surface area contributed by atoms with Gasteiger partial charge in [0.25, 0.3) is 0 Å². The second-order valence-corrected chi connectivity index (χ2v) is 6.76. The third-order valence-electron chi connectivity index (χ3n) is 4.63. The minimum atomic E-state index is -0.359. The highest BCUT2D eigenvalue weighted by Gasteiger charge is 2.74. The van der Waals surface area contributed by atoms with Gasteiger partial charge in [-0.1, -0.05) is 19.9 Å². The number of ether oxygens (including phenoxy) is 2. The van der Waals surface area contributed by atoms with E-state index in [0.29, 0.717) is 12.8 Å². The molecule has 1 heterocycles. The van der Waals surface area contributed by atoms with E-state index in [1.165, 1.54) is 13.2 Å². The summed E-state index contributed by atoms with van der Waals surface area (Å²) in [5, 5.41) is 9.97. The Bertz CT molecular complexity index is 477. The Balaban J connectivity index is 2.21. The molecule has 3 atom stereocenters. The minimum absolute atomic E-state index is 0.137. The second kappa shape index (κ2) is 4.71. The SMILES string of the molecule is COC(=O)C=C(C)C=CC12OC1(C)C[C@H](O)CC2(C)C. The van der Waals surface area contributed by atoms with Gasteiger partial charge in [0.1, 0.15) is 11.2 Å². The van der Waals surface area contributed by atoms with E-state index in [0.717, 1.165) is 5.57 Å². The summed E-state index contributed by atoms with van der Waals surface area (Å²) < 4.78 is 10.6.